The largest absolute Gasteiger partial charge is 0.497 e. The first kappa shape index (κ1) is 12.2. The van der Waals surface area contributed by atoms with Crippen LogP contribution >= 0.6 is 0 Å². The number of methoxy groups -OCH3 is 1. The van der Waals surface area contributed by atoms with Crippen LogP contribution in [0.2, 0.25) is 0 Å². The van der Waals surface area contributed by atoms with Crippen LogP contribution in [0.15, 0.2) is 59.1 Å². The summed E-state index contributed by atoms with van der Waals surface area (Å²) in [5.41, 5.74) is 1.76. The fraction of sp³-hybridized carbons (Fsp3) is 0.0667. The quantitative estimate of drug-likeness (QED) is 0.784. The molecule has 0 spiro atoms. The van der Waals surface area contributed by atoms with Crippen molar-refractivity contribution < 1.29 is 9.26 Å². The molecule has 1 N–H and O–H groups in total. The molecule has 1 aromatic heterocycles. The summed E-state index contributed by atoms with van der Waals surface area (Å²) in [6.45, 7) is 0. The van der Waals surface area contributed by atoms with Gasteiger partial charge in [-0.3, -0.25) is 0 Å². The van der Waals surface area contributed by atoms with Gasteiger partial charge in [-0.05, 0) is 41.6 Å². The minimum Gasteiger partial charge on any atom is -0.497 e. The second-order valence-electron chi connectivity index (χ2n) is 4.14. The van der Waals surface area contributed by atoms with Gasteiger partial charge in [0.05, 0.1) is 7.11 Å². The molecule has 0 amide bonds. The summed E-state index contributed by atoms with van der Waals surface area (Å²) >= 11 is 0. The second-order valence-corrected chi connectivity index (χ2v) is 4.14. The van der Waals surface area contributed by atoms with E-state index in [-0.39, 0.29) is 0 Å². The molecule has 3 aromatic rings. The molecule has 5 nitrogen and oxygen atoms in total. The van der Waals surface area contributed by atoms with E-state index in [0.29, 0.717) is 11.8 Å². The maximum absolute atomic E-state index is 5.22. The molecular formula is C15H13N3O2. The zero-order valence-corrected chi connectivity index (χ0v) is 10.9. The Hall–Kier alpha value is -2.82. The van der Waals surface area contributed by atoms with E-state index in [2.05, 4.69) is 15.5 Å². The molecule has 5 heteroatoms. The first-order valence-electron chi connectivity index (χ1n) is 6.15. The summed E-state index contributed by atoms with van der Waals surface area (Å²) in [5, 5.41) is 6.98. The number of hydrogen-bond acceptors (Lipinski definition) is 5. The third kappa shape index (κ3) is 2.61. The van der Waals surface area contributed by atoms with Gasteiger partial charge in [0, 0.05) is 11.3 Å². The van der Waals surface area contributed by atoms with Crippen molar-refractivity contribution >= 4 is 11.6 Å². The lowest BCUT2D eigenvalue weighted by Crippen LogP contribution is -1.92. The van der Waals surface area contributed by atoms with E-state index in [0.717, 1.165) is 17.0 Å². The molecule has 0 saturated heterocycles. The molecule has 3 rings (SSSR count). The Balaban J connectivity index is 1.77. The van der Waals surface area contributed by atoms with Crippen LogP contribution in [-0.2, 0) is 0 Å². The predicted molar refractivity (Wildman–Crippen MR) is 76.0 cm³/mol. The van der Waals surface area contributed by atoms with Crippen molar-refractivity contribution in [3.05, 3.63) is 54.6 Å². The van der Waals surface area contributed by atoms with Crippen molar-refractivity contribution in [3.8, 4) is 17.2 Å². The minimum absolute atomic E-state index is 0.425. The average molecular weight is 267 g/mol. The highest BCUT2D eigenvalue weighted by atomic mass is 16.5. The number of hydrogen-bond donors (Lipinski definition) is 1. The molecule has 20 heavy (non-hydrogen) atoms. The average Bonchev–Trinajstić information content (AvgIpc) is 2.97. The summed E-state index contributed by atoms with van der Waals surface area (Å²) in [4.78, 5) is 4.30. The Morgan fingerprint density at radius 2 is 1.75 bits per heavy atom. The van der Waals surface area contributed by atoms with Crippen molar-refractivity contribution in [1.29, 1.82) is 0 Å². The standard InChI is InChI=1S/C15H13N3O2/c1-19-13-9-7-12(8-10-13)16-15-17-14(20-18-15)11-5-3-2-4-6-11/h2-10H,1H3,(H,16,18). The van der Waals surface area contributed by atoms with Crippen molar-refractivity contribution in [2.45, 2.75) is 0 Å². The summed E-state index contributed by atoms with van der Waals surface area (Å²) in [5.74, 6) is 1.71. The molecule has 0 aliphatic rings. The van der Waals surface area contributed by atoms with Gasteiger partial charge in [0.2, 0.25) is 0 Å². The molecule has 0 radical (unpaired) electrons. The van der Waals surface area contributed by atoms with Gasteiger partial charge in [-0.2, -0.15) is 4.98 Å². The van der Waals surface area contributed by atoms with Gasteiger partial charge in [0.1, 0.15) is 5.75 Å². The Morgan fingerprint density at radius 1 is 1.00 bits per heavy atom. The van der Waals surface area contributed by atoms with E-state index in [1.54, 1.807) is 7.11 Å². The third-order valence-electron chi connectivity index (χ3n) is 2.79. The first-order chi connectivity index (χ1) is 9.85. The van der Waals surface area contributed by atoms with Crippen molar-refractivity contribution in [2.24, 2.45) is 0 Å². The lowest BCUT2D eigenvalue weighted by molar-refractivity contribution is 0.415. The second kappa shape index (κ2) is 5.44. The first-order valence-corrected chi connectivity index (χ1v) is 6.15. The van der Waals surface area contributed by atoms with E-state index in [1.807, 2.05) is 54.6 Å². The number of anilines is 2. The predicted octanol–water partition coefficient (Wildman–Crippen LogP) is 3.49. The highest BCUT2D eigenvalue weighted by Crippen LogP contribution is 2.21. The molecule has 0 aliphatic heterocycles. The van der Waals surface area contributed by atoms with Crippen molar-refractivity contribution in [1.82, 2.24) is 10.1 Å². The summed E-state index contributed by atoms with van der Waals surface area (Å²) < 4.78 is 10.3. The Labute approximate surface area is 116 Å². The molecule has 0 bridgehead atoms. The van der Waals surface area contributed by atoms with Gasteiger partial charge in [-0.25, -0.2) is 0 Å². The molecule has 0 fully saturated rings. The Bertz CT molecular complexity index is 678. The number of nitrogens with one attached hydrogen (secondary N) is 1. The van der Waals surface area contributed by atoms with Crippen LogP contribution in [0.4, 0.5) is 11.6 Å². The van der Waals surface area contributed by atoms with Crippen molar-refractivity contribution in [3.63, 3.8) is 0 Å². The number of rotatable bonds is 4. The summed E-state index contributed by atoms with van der Waals surface area (Å²) in [6.07, 6.45) is 0. The Kier molecular flexibility index (Phi) is 3.33. The molecule has 0 aliphatic carbocycles. The normalized spacial score (nSPS) is 10.2. The lowest BCUT2D eigenvalue weighted by Gasteiger charge is -2.02. The molecule has 1 heterocycles. The zero-order chi connectivity index (χ0) is 13.8. The van der Waals surface area contributed by atoms with E-state index in [1.165, 1.54) is 0 Å². The zero-order valence-electron chi connectivity index (χ0n) is 10.9. The van der Waals surface area contributed by atoms with Crippen LogP contribution in [-0.4, -0.2) is 17.3 Å². The van der Waals surface area contributed by atoms with Crippen LogP contribution in [0, 0.1) is 0 Å². The highest BCUT2D eigenvalue weighted by Gasteiger charge is 2.08. The van der Waals surface area contributed by atoms with Gasteiger partial charge < -0.3 is 14.6 Å². The monoisotopic (exact) mass is 267 g/mol. The number of benzene rings is 2. The minimum atomic E-state index is 0.425. The molecular weight excluding hydrogens is 254 g/mol. The third-order valence-corrected chi connectivity index (χ3v) is 2.79. The maximum atomic E-state index is 5.22. The van der Waals surface area contributed by atoms with E-state index < -0.39 is 0 Å². The molecule has 2 aromatic carbocycles. The van der Waals surface area contributed by atoms with Crippen LogP contribution in [0.3, 0.4) is 0 Å². The Morgan fingerprint density at radius 3 is 2.45 bits per heavy atom. The van der Waals surface area contributed by atoms with E-state index in [9.17, 15) is 0 Å². The number of nitrogens with zero attached hydrogens (tertiary/aromatic N) is 2. The number of ether oxygens (including phenoxy) is 1. The van der Waals surface area contributed by atoms with Crippen molar-refractivity contribution in [2.75, 3.05) is 12.4 Å². The molecule has 100 valence electrons. The van der Waals surface area contributed by atoms with Gasteiger partial charge in [0.25, 0.3) is 11.8 Å². The maximum Gasteiger partial charge on any atom is 0.268 e. The van der Waals surface area contributed by atoms with Crippen LogP contribution in [0.5, 0.6) is 5.75 Å². The fourth-order valence-electron chi connectivity index (χ4n) is 1.78. The number of aromatic nitrogens is 2. The summed E-state index contributed by atoms with van der Waals surface area (Å²) in [7, 11) is 1.63. The topological polar surface area (TPSA) is 60.2 Å². The van der Waals surface area contributed by atoms with Gasteiger partial charge in [0.15, 0.2) is 0 Å². The summed E-state index contributed by atoms with van der Waals surface area (Å²) in [6, 6.07) is 17.1. The highest BCUT2D eigenvalue weighted by molar-refractivity contribution is 5.58. The van der Waals surface area contributed by atoms with E-state index >= 15 is 0 Å². The smallest absolute Gasteiger partial charge is 0.268 e. The molecule has 0 atom stereocenters. The SMILES string of the molecule is COc1ccc(Nc2noc(-c3ccccc3)n2)cc1. The van der Waals surface area contributed by atoms with Crippen LogP contribution in [0.25, 0.3) is 11.5 Å². The molecule has 0 unspecified atom stereocenters. The van der Waals surface area contributed by atoms with Gasteiger partial charge in [-0.15, -0.1) is 0 Å². The van der Waals surface area contributed by atoms with Crippen LogP contribution < -0.4 is 10.1 Å². The van der Waals surface area contributed by atoms with E-state index in [4.69, 9.17) is 9.26 Å². The fourth-order valence-corrected chi connectivity index (χ4v) is 1.78. The molecule has 0 saturated carbocycles. The van der Waals surface area contributed by atoms with Gasteiger partial charge in [-0.1, -0.05) is 18.2 Å². The lowest BCUT2D eigenvalue weighted by atomic mass is 10.2. The van der Waals surface area contributed by atoms with Gasteiger partial charge >= 0.3 is 0 Å². The van der Waals surface area contributed by atoms with Crippen LogP contribution in [0.1, 0.15) is 0 Å².